The molecule has 0 amide bonds. The monoisotopic (exact) mass is 384 g/mol. The molecule has 3 unspecified atom stereocenters. The van der Waals surface area contributed by atoms with Crippen molar-refractivity contribution in [3.8, 4) is 0 Å². The molecule has 152 valence electrons. The van der Waals surface area contributed by atoms with Gasteiger partial charge in [-0.15, -0.1) is 0 Å². The summed E-state index contributed by atoms with van der Waals surface area (Å²) in [5, 5.41) is 15.1. The molecule has 0 spiro atoms. The normalized spacial score (nSPS) is 24.3. The van der Waals surface area contributed by atoms with Gasteiger partial charge >= 0.3 is 0 Å². The lowest BCUT2D eigenvalue weighted by atomic mass is 9.94. The van der Waals surface area contributed by atoms with E-state index in [1.165, 1.54) is 11.3 Å². The number of benzene rings is 1. The second-order valence-corrected chi connectivity index (χ2v) is 8.32. The van der Waals surface area contributed by atoms with E-state index in [0.29, 0.717) is 18.5 Å². The summed E-state index contributed by atoms with van der Waals surface area (Å²) in [7, 11) is 3.94. The molecule has 1 fully saturated rings. The topological polar surface area (TPSA) is 68.6 Å². The van der Waals surface area contributed by atoms with E-state index in [-0.39, 0.29) is 0 Å². The molecule has 28 heavy (non-hydrogen) atoms. The largest absolute Gasteiger partial charge is 0.385 e. The smallest absolute Gasteiger partial charge is 0.110 e. The third-order valence-corrected chi connectivity index (χ3v) is 5.74. The van der Waals surface area contributed by atoms with Crippen LogP contribution < -0.4 is 10.9 Å². The first-order valence-electron chi connectivity index (χ1n) is 10.3. The molecule has 0 radical (unpaired) electrons. The van der Waals surface area contributed by atoms with Crippen molar-refractivity contribution in [2.24, 2.45) is 5.92 Å². The predicted molar refractivity (Wildman–Crippen MR) is 109 cm³/mol. The van der Waals surface area contributed by atoms with Crippen LogP contribution >= 0.6 is 0 Å². The molecule has 7 nitrogen and oxygen atoms in total. The van der Waals surface area contributed by atoms with E-state index in [1.807, 2.05) is 19.0 Å². The van der Waals surface area contributed by atoms with Gasteiger partial charge in [0.1, 0.15) is 6.10 Å². The average Bonchev–Trinajstić information content (AvgIpc) is 3.25. The van der Waals surface area contributed by atoms with Crippen LogP contribution in [0.1, 0.15) is 35.5 Å². The Bertz CT molecular complexity index is 762. The maximum Gasteiger partial charge on any atom is 0.110 e. The number of likely N-dealkylation sites (N-methyl/N-ethyl adjacent to an activating group) is 1. The number of hydrogen-bond donors (Lipinski definition) is 3. The first-order valence-corrected chi connectivity index (χ1v) is 10.3. The minimum Gasteiger partial charge on any atom is -0.385 e. The Labute approximate surface area is 167 Å². The van der Waals surface area contributed by atoms with Gasteiger partial charge in [-0.3, -0.25) is 15.0 Å². The Kier molecular flexibility index (Phi) is 6.08. The van der Waals surface area contributed by atoms with Crippen molar-refractivity contribution in [3.05, 3.63) is 53.3 Å². The molecule has 1 aromatic heterocycles. The highest BCUT2D eigenvalue weighted by Gasteiger charge is 2.30. The molecule has 1 aromatic carbocycles. The van der Waals surface area contributed by atoms with Gasteiger partial charge in [-0.2, -0.15) is 5.10 Å². The fraction of sp³-hybridized carbons (Fsp3) is 0.571. The van der Waals surface area contributed by atoms with Crippen LogP contribution in [0.25, 0.3) is 0 Å². The third-order valence-electron chi connectivity index (χ3n) is 5.74. The van der Waals surface area contributed by atoms with E-state index >= 15 is 0 Å². The third kappa shape index (κ3) is 4.45. The van der Waals surface area contributed by atoms with E-state index in [1.54, 1.807) is 0 Å². The summed E-state index contributed by atoms with van der Waals surface area (Å²) in [6, 6.07) is 13.1. The van der Waals surface area contributed by atoms with Crippen molar-refractivity contribution in [1.29, 1.82) is 0 Å². The Balaban J connectivity index is 1.43. The second kappa shape index (κ2) is 8.71. The number of aliphatic hydroxyl groups is 1. The molecular weight excluding hydrogens is 352 g/mol. The van der Waals surface area contributed by atoms with Gasteiger partial charge in [0.2, 0.25) is 0 Å². The summed E-state index contributed by atoms with van der Waals surface area (Å²) in [4.78, 5) is 4.53. The fourth-order valence-electron chi connectivity index (χ4n) is 4.36. The lowest BCUT2D eigenvalue weighted by Gasteiger charge is -2.26. The predicted octanol–water partition coefficient (Wildman–Crippen LogP) is 1.15. The number of fused-ring (bicyclic) bond motifs is 1. The summed E-state index contributed by atoms with van der Waals surface area (Å²) in [6.07, 6.45) is 0.551. The minimum atomic E-state index is -0.534. The van der Waals surface area contributed by atoms with Crippen molar-refractivity contribution >= 4 is 0 Å². The van der Waals surface area contributed by atoms with Crippen molar-refractivity contribution in [1.82, 2.24) is 30.4 Å². The highest BCUT2D eigenvalue weighted by atomic mass is 16.3. The molecule has 2 aliphatic rings. The number of hydrazine groups is 1. The van der Waals surface area contributed by atoms with Gasteiger partial charge in [0.25, 0.3) is 0 Å². The van der Waals surface area contributed by atoms with E-state index in [9.17, 15) is 5.11 Å². The molecule has 0 aliphatic carbocycles. The highest BCUT2D eigenvalue weighted by molar-refractivity contribution is 5.21. The van der Waals surface area contributed by atoms with E-state index in [2.05, 4.69) is 61.9 Å². The Morgan fingerprint density at radius 2 is 2.07 bits per heavy atom. The van der Waals surface area contributed by atoms with Crippen LogP contribution in [-0.2, 0) is 13.1 Å². The molecule has 1 saturated heterocycles. The van der Waals surface area contributed by atoms with Crippen LogP contribution in [-0.4, -0.2) is 65.0 Å². The Morgan fingerprint density at radius 3 is 2.86 bits per heavy atom. The molecule has 3 heterocycles. The summed E-state index contributed by atoms with van der Waals surface area (Å²) >= 11 is 0. The van der Waals surface area contributed by atoms with Gasteiger partial charge in [0.05, 0.1) is 17.4 Å². The van der Waals surface area contributed by atoms with Crippen molar-refractivity contribution < 1.29 is 5.11 Å². The van der Waals surface area contributed by atoms with Crippen LogP contribution in [0.2, 0.25) is 0 Å². The van der Waals surface area contributed by atoms with Crippen LogP contribution in [0.15, 0.2) is 36.4 Å². The lowest BCUT2D eigenvalue weighted by molar-refractivity contribution is 0.133. The van der Waals surface area contributed by atoms with Crippen LogP contribution in [0.3, 0.4) is 0 Å². The zero-order chi connectivity index (χ0) is 19.5. The molecule has 2 aromatic rings. The minimum absolute atomic E-state index is 0.340. The molecule has 0 saturated carbocycles. The number of nitrogens with one attached hydrogen (secondary N) is 2. The van der Waals surface area contributed by atoms with Crippen molar-refractivity contribution in [2.75, 3.05) is 40.3 Å². The summed E-state index contributed by atoms with van der Waals surface area (Å²) in [5.41, 5.74) is 10.1. The highest BCUT2D eigenvalue weighted by Crippen LogP contribution is 2.27. The molecule has 3 N–H and O–H groups in total. The van der Waals surface area contributed by atoms with E-state index in [0.717, 1.165) is 44.8 Å². The van der Waals surface area contributed by atoms with Gasteiger partial charge < -0.3 is 10.0 Å². The summed E-state index contributed by atoms with van der Waals surface area (Å²) in [5.74, 6) is 0.524. The van der Waals surface area contributed by atoms with Gasteiger partial charge in [-0.05, 0) is 32.1 Å². The number of hydrogen-bond acceptors (Lipinski definition) is 6. The van der Waals surface area contributed by atoms with Gasteiger partial charge in [-0.1, -0.05) is 30.3 Å². The van der Waals surface area contributed by atoms with Crippen molar-refractivity contribution in [3.63, 3.8) is 0 Å². The first kappa shape index (κ1) is 19.5. The quantitative estimate of drug-likeness (QED) is 0.694. The molecule has 2 aliphatic heterocycles. The lowest BCUT2D eigenvalue weighted by Crippen LogP contribution is -2.33. The maximum absolute atomic E-state index is 10.4. The number of rotatable bonds is 6. The fourth-order valence-corrected chi connectivity index (χ4v) is 4.36. The first-order chi connectivity index (χ1) is 13.6. The zero-order valence-electron chi connectivity index (χ0n) is 16.9. The SMILES string of the molecule is CN(C)CC(O)c1cc2n(n1)CCCN(CC1CNNC1c1ccccc1)C2. The zero-order valence-corrected chi connectivity index (χ0v) is 16.9. The van der Waals surface area contributed by atoms with Crippen LogP contribution in [0, 0.1) is 5.92 Å². The standard InChI is InChI=1S/C21H32N6O/c1-25(2)15-20(28)19-11-18-14-26(9-6-10-27(18)24-19)13-17-12-22-23-21(17)16-7-4-3-5-8-16/h3-5,7-8,11,17,20-23,28H,6,9-10,12-15H2,1-2H3. The molecule has 0 bridgehead atoms. The van der Waals surface area contributed by atoms with Gasteiger partial charge in [0, 0.05) is 45.2 Å². The van der Waals surface area contributed by atoms with Crippen LogP contribution in [0.5, 0.6) is 0 Å². The number of aromatic nitrogens is 2. The molecule has 3 atom stereocenters. The number of aliphatic hydroxyl groups excluding tert-OH is 1. The Morgan fingerprint density at radius 1 is 1.25 bits per heavy atom. The average molecular weight is 385 g/mol. The number of aryl methyl sites for hydroxylation is 1. The number of nitrogens with zero attached hydrogens (tertiary/aromatic N) is 4. The van der Waals surface area contributed by atoms with Gasteiger partial charge in [-0.25, -0.2) is 5.43 Å². The molecule has 7 heteroatoms. The Hall–Kier alpha value is -1.77. The van der Waals surface area contributed by atoms with Crippen molar-refractivity contribution in [2.45, 2.75) is 31.7 Å². The van der Waals surface area contributed by atoms with E-state index in [4.69, 9.17) is 0 Å². The maximum atomic E-state index is 10.4. The van der Waals surface area contributed by atoms with E-state index < -0.39 is 6.10 Å². The second-order valence-electron chi connectivity index (χ2n) is 8.32. The van der Waals surface area contributed by atoms with Gasteiger partial charge in [0.15, 0.2) is 0 Å². The molecular formula is C21H32N6O. The summed E-state index contributed by atoms with van der Waals surface area (Å²) < 4.78 is 2.09. The molecule has 4 rings (SSSR count). The van der Waals surface area contributed by atoms with Crippen LogP contribution in [0.4, 0.5) is 0 Å². The summed E-state index contributed by atoms with van der Waals surface area (Å²) in [6.45, 7) is 5.50.